The van der Waals surface area contributed by atoms with Crippen LogP contribution in [-0.4, -0.2) is 39.8 Å². The molecule has 0 aromatic carbocycles. The Morgan fingerprint density at radius 1 is 1.42 bits per heavy atom. The van der Waals surface area contributed by atoms with Gasteiger partial charge in [0, 0.05) is 6.54 Å². The highest BCUT2D eigenvalue weighted by Gasteiger charge is 2.37. The molecular formula is C7H11NO4. The molecule has 1 amide bonds. The average molecular weight is 173 g/mol. The SMILES string of the molecule is C[C@@H]1C[C@H](C(=O)O)N(C(=O)O)C1. The van der Waals surface area contributed by atoms with Crippen molar-refractivity contribution in [1.82, 2.24) is 4.90 Å². The Hall–Kier alpha value is -1.26. The number of rotatable bonds is 1. The summed E-state index contributed by atoms with van der Waals surface area (Å²) in [4.78, 5) is 22.1. The zero-order valence-corrected chi connectivity index (χ0v) is 6.73. The minimum Gasteiger partial charge on any atom is -0.480 e. The van der Waals surface area contributed by atoms with E-state index in [2.05, 4.69) is 0 Å². The van der Waals surface area contributed by atoms with Crippen LogP contribution in [0.4, 0.5) is 4.79 Å². The molecule has 0 aromatic heterocycles. The second-order valence-electron chi connectivity index (χ2n) is 3.13. The van der Waals surface area contributed by atoms with Gasteiger partial charge in [-0.1, -0.05) is 6.92 Å². The van der Waals surface area contributed by atoms with E-state index in [1.54, 1.807) is 0 Å². The lowest BCUT2D eigenvalue weighted by Crippen LogP contribution is -2.39. The Morgan fingerprint density at radius 3 is 2.33 bits per heavy atom. The number of amides is 1. The fraction of sp³-hybridized carbons (Fsp3) is 0.714. The van der Waals surface area contributed by atoms with Gasteiger partial charge in [0.05, 0.1) is 0 Å². The van der Waals surface area contributed by atoms with Crippen molar-refractivity contribution in [2.45, 2.75) is 19.4 Å². The highest BCUT2D eigenvalue weighted by atomic mass is 16.4. The van der Waals surface area contributed by atoms with Gasteiger partial charge in [0.25, 0.3) is 0 Å². The number of likely N-dealkylation sites (tertiary alicyclic amines) is 1. The highest BCUT2D eigenvalue weighted by Crippen LogP contribution is 2.22. The van der Waals surface area contributed by atoms with Crippen LogP contribution >= 0.6 is 0 Å². The molecule has 0 bridgehead atoms. The van der Waals surface area contributed by atoms with Crippen LogP contribution in [-0.2, 0) is 4.79 Å². The molecule has 12 heavy (non-hydrogen) atoms. The first kappa shape index (κ1) is 8.83. The molecule has 1 heterocycles. The summed E-state index contributed by atoms with van der Waals surface area (Å²) in [6, 6.07) is -0.850. The smallest absolute Gasteiger partial charge is 0.408 e. The summed E-state index contributed by atoms with van der Waals surface area (Å²) in [6.07, 6.45) is -0.728. The molecule has 0 spiro atoms. The van der Waals surface area contributed by atoms with E-state index in [1.807, 2.05) is 6.92 Å². The normalized spacial score (nSPS) is 28.9. The van der Waals surface area contributed by atoms with Crippen LogP contribution in [0.15, 0.2) is 0 Å². The van der Waals surface area contributed by atoms with Gasteiger partial charge in [0.1, 0.15) is 6.04 Å². The standard InChI is InChI=1S/C7H11NO4/c1-4-2-5(6(9)10)8(3-4)7(11)12/h4-5H,2-3H2,1H3,(H,9,10)(H,11,12)/t4-,5-/m1/s1. The third-order valence-corrected chi connectivity index (χ3v) is 2.04. The third kappa shape index (κ3) is 1.49. The summed E-state index contributed by atoms with van der Waals surface area (Å²) in [5.74, 6) is -0.913. The van der Waals surface area contributed by atoms with Crippen LogP contribution in [0.3, 0.4) is 0 Å². The Bertz CT molecular complexity index is 193. The quantitative estimate of drug-likeness (QED) is 0.603. The second kappa shape index (κ2) is 3.00. The monoisotopic (exact) mass is 173 g/mol. The molecule has 1 fully saturated rings. The summed E-state index contributed by atoms with van der Waals surface area (Å²) in [6.45, 7) is 2.17. The van der Waals surface area contributed by atoms with E-state index in [1.165, 1.54) is 0 Å². The van der Waals surface area contributed by atoms with Crippen LogP contribution < -0.4 is 0 Å². The molecule has 1 saturated heterocycles. The van der Waals surface area contributed by atoms with Crippen molar-refractivity contribution in [2.75, 3.05) is 6.54 Å². The number of carboxylic acids is 1. The Morgan fingerprint density at radius 2 is 2.00 bits per heavy atom. The van der Waals surface area contributed by atoms with Crippen LogP contribution in [0.5, 0.6) is 0 Å². The number of carboxylic acid groups (broad SMARTS) is 2. The van der Waals surface area contributed by atoms with Crippen molar-refractivity contribution in [2.24, 2.45) is 5.92 Å². The zero-order chi connectivity index (χ0) is 9.30. The van der Waals surface area contributed by atoms with E-state index in [0.717, 1.165) is 4.90 Å². The molecule has 0 saturated carbocycles. The van der Waals surface area contributed by atoms with Gasteiger partial charge >= 0.3 is 12.1 Å². The van der Waals surface area contributed by atoms with Gasteiger partial charge in [-0.3, -0.25) is 4.90 Å². The van der Waals surface area contributed by atoms with Crippen molar-refractivity contribution in [3.63, 3.8) is 0 Å². The molecule has 68 valence electrons. The second-order valence-corrected chi connectivity index (χ2v) is 3.13. The fourth-order valence-electron chi connectivity index (χ4n) is 1.49. The summed E-state index contributed by atoms with van der Waals surface area (Å²) < 4.78 is 0. The minimum absolute atomic E-state index is 0.141. The van der Waals surface area contributed by atoms with Crippen LogP contribution in [0.25, 0.3) is 0 Å². The van der Waals surface area contributed by atoms with E-state index < -0.39 is 18.1 Å². The molecule has 5 nitrogen and oxygen atoms in total. The Labute approximate surface area is 69.6 Å². The number of carbonyl (C=O) groups is 2. The third-order valence-electron chi connectivity index (χ3n) is 2.04. The largest absolute Gasteiger partial charge is 0.480 e. The predicted octanol–water partition coefficient (Wildman–Crippen LogP) is 0.459. The summed E-state index contributed by atoms with van der Waals surface area (Å²) in [5, 5.41) is 17.3. The molecule has 0 radical (unpaired) electrons. The zero-order valence-electron chi connectivity index (χ0n) is 6.73. The summed E-state index contributed by atoms with van der Waals surface area (Å²) in [7, 11) is 0. The summed E-state index contributed by atoms with van der Waals surface area (Å²) >= 11 is 0. The molecule has 2 N–H and O–H groups in total. The molecule has 1 rings (SSSR count). The lowest BCUT2D eigenvalue weighted by Gasteiger charge is -2.16. The molecule has 0 aliphatic carbocycles. The summed E-state index contributed by atoms with van der Waals surface area (Å²) in [5.41, 5.74) is 0. The number of nitrogens with zero attached hydrogens (tertiary/aromatic N) is 1. The van der Waals surface area contributed by atoms with Gasteiger partial charge in [0.15, 0.2) is 0 Å². The molecule has 0 aromatic rings. The van der Waals surface area contributed by atoms with E-state index >= 15 is 0 Å². The molecule has 1 aliphatic heterocycles. The maximum Gasteiger partial charge on any atom is 0.408 e. The number of hydrogen-bond acceptors (Lipinski definition) is 2. The minimum atomic E-state index is -1.15. The van der Waals surface area contributed by atoms with E-state index in [4.69, 9.17) is 10.2 Å². The van der Waals surface area contributed by atoms with Gasteiger partial charge in [0.2, 0.25) is 0 Å². The van der Waals surface area contributed by atoms with Gasteiger partial charge in [-0.25, -0.2) is 9.59 Å². The van der Waals surface area contributed by atoms with E-state index in [0.29, 0.717) is 13.0 Å². The maximum atomic E-state index is 10.6. The van der Waals surface area contributed by atoms with Crippen molar-refractivity contribution >= 4 is 12.1 Å². The van der Waals surface area contributed by atoms with Crippen molar-refractivity contribution in [3.05, 3.63) is 0 Å². The first-order valence-corrected chi connectivity index (χ1v) is 3.74. The fourth-order valence-corrected chi connectivity index (χ4v) is 1.49. The van der Waals surface area contributed by atoms with Crippen molar-refractivity contribution in [1.29, 1.82) is 0 Å². The highest BCUT2D eigenvalue weighted by molar-refractivity contribution is 5.80. The lowest BCUT2D eigenvalue weighted by atomic mass is 10.1. The van der Waals surface area contributed by atoms with Gasteiger partial charge < -0.3 is 10.2 Å². The van der Waals surface area contributed by atoms with Crippen LogP contribution in [0.1, 0.15) is 13.3 Å². The Balaban J connectivity index is 2.72. The van der Waals surface area contributed by atoms with E-state index in [-0.39, 0.29) is 5.92 Å². The first-order chi connectivity index (χ1) is 5.52. The molecule has 0 unspecified atom stereocenters. The van der Waals surface area contributed by atoms with Crippen molar-refractivity contribution < 1.29 is 19.8 Å². The average Bonchev–Trinajstić information content (AvgIpc) is 2.31. The maximum absolute atomic E-state index is 10.6. The van der Waals surface area contributed by atoms with Gasteiger partial charge in [-0.05, 0) is 12.3 Å². The molecule has 2 atom stereocenters. The molecule has 5 heteroatoms. The number of hydrogen-bond donors (Lipinski definition) is 2. The lowest BCUT2D eigenvalue weighted by molar-refractivity contribution is -0.141. The van der Waals surface area contributed by atoms with Crippen molar-refractivity contribution in [3.8, 4) is 0 Å². The van der Waals surface area contributed by atoms with E-state index in [9.17, 15) is 9.59 Å². The molecular weight excluding hydrogens is 162 g/mol. The van der Waals surface area contributed by atoms with Crippen LogP contribution in [0, 0.1) is 5.92 Å². The first-order valence-electron chi connectivity index (χ1n) is 3.74. The topological polar surface area (TPSA) is 77.8 Å². The van der Waals surface area contributed by atoms with Gasteiger partial charge in [-0.2, -0.15) is 0 Å². The van der Waals surface area contributed by atoms with Crippen LogP contribution in [0.2, 0.25) is 0 Å². The predicted molar refractivity (Wildman–Crippen MR) is 39.9 cm³/mol. The molecule has 1 aliphatic rings. The number of aliphatic carboxylic acids is 1. The Kier molecular flexibility index (Phi) is 2.21. The van der Waals surface area contributed by atoms with Gasteiger partial charge in [-0.15, -0.1) is 0 Å².